The molecule has 1 saturated heterocycles. The van der Waals surface area contributed by atoms with Gasteiger partial charge in [-0.1, -0.05) is 12.1 Å². The van der Waals surface area contributed by atoms with Gasteiger partial charge in [-0.3, -0.25) is 0 Å². The van der Waals surface area contributed by atoms with Crippen molar-refractivity contribution in [3.05, 3.63) is 29.8 Å². The van der Waals surface area contributed by atoms with E-state index >= 15 is 0 Å². The van der Waals surface area contributed by atoms with Crippen LogP contribution >= 0.6 is 0 Å². The highest BCUT2D eigenvalue weighted by atomic mass is 32.2. The maximum Gasteiger partial charge on any atom is 0.410 e. The summed E-state index contributed by atoms with van der Waals surface area (Å²) in [5.41, 5.74) is -0.0927. The second-order valence-electron chi connectivity index (χ2n) is 7.18. The van der Waals surface area contributed by atoms with E-state index in [1.807, 2.05) is 20.8 Å². The molecule has 2 aliphatic rings. The Morgan fingerprint density at radius 3 is 2.72 bits per heavy atom. The smallest absolute Gasteiger partial charge is 0.410 e. The van der Waals surface area contributed by atoms with Crippen LogP contribution in [0.2, 0.25) is 0 Å². The van der Waals surface area contributed by atoms with Gasteiger partial charge in [0, 0.05) is 6.54 Å². The highest BCUT2D eigenvalue weighted by Gasteiger charge is 2.34. The molecule has 0 bridgehead atoms. The molecule has 0 radical (unpaired) electrons. The molecule has 0 saturated carbocycles. The Balaban J connectivity index is 1.71. The van der Waals surface area contributed by atoms with E-state index in [-0.39, 0.29) is 23.0 Å². The number of hydrogen-bond donors (Lipinski definition) is 0. The number of nitrogens with zero attached hydrogens (tertiary/aromatic N) is 2. The van der Waals surface area contributed by atoms with E-state index in [1.165, 1.54) is 6.07 Å². The Labute approximate surface area is 147 Å². The SMILES string of the molecule is CC(C)(C)OC(=O)N1CCC[C@@H](OC2=NS(=O)(=O)c3ccccc32)C1. The number of carbonyl (C=O) groups excluding carboxylic acids is 1. The normalized spacial score (nSPS) is 22.1. The largest absolute Gasteiger partial charge is 0.472 e. The van der Waals surface area contributed by atoms with Crippen molar-refractivity contribution in [1.82, 2.24) is 4.90 Å². The number of rotatable bonds is 1. The number of likely N-dealkylation sites (tertiary alicyclic amines) is 1. The van der Waals surface area contributed by atoms with Crippen LogP contribution in [0.4, 0.5) is 4.79 Å². The van der Waals surface area contributed by atoms with Gasteiger partial charge in [-0.2, -0.15) is 8.42 Å². The molecular weight excluding hydrogens is 344 g/mol. The summed E-state index contributed by atoms with van der Waals surface area (Å²) in [5.74, 6) is 0.103. The lowest BCUT2D eigenvalue weighted by molar-refractivity contribution is 0.00627. The fourth-order valence-corrected chi connectivity index (χ4v) is 3.99. The zero-order chi connectivity index (χ0) is 18.2. The van der Waals surface area contributed by atoms with E-state index < -0.39 is 15.6 Å². The zero-order valence-corrected chi connectivity index (χ0v) is 15.4. The quantitative estimate of drug-likeness (QED) is 0.762. The number of amides is 1. The Bertz CT molecular complexity index is 811. The Morgan fingerprint density at radius 2 is 2.00 bits per heavy atom. The number of piperidine rings is 1. The fourth-order valence-electron chi connectivity index (χ4n) is 2.85. The van der Waals surface area contributed by atoms with E-state index in [9.17, 15) is 13.2 Å². The van der Waals surface area contributed by atoms with Gasteiger partial charge in [-0.15, -0.1) is 4.40 Å². The summed E-state index contributed by atoms with van der Waals surface area (Å²) in [4.78, 5) is 14.0. The van der Waals surface area contributed by atoms with Crippen molar-refractivity contribution in [2.45, 2.75) is 50.2 Å². The molecule has 1 atom stereocenters. The second kappa shape index (κ2) is 6.33. The minimum atomic E-state index is -3.70. The predicted molar refractivity (Wildman–Crippen MR) is 92.1 cm³/mol. The molecule has 2 heterocycles. The minimum Gasteiger partial charge on any atom is -0.472 e. The lowest BCUT2D eigenvalue weighted by Crippen LogP contribution is -2.45. The first-order chi connectivity index (χ1) is 11.7. The van der Waals surface area contributed by atoms with Gasteiger partial charge >= 0.3 is 6.09 Å². The molecule has 7 nitrogen and oxygen atoms in total. The molecule has 0 unspecified atom stereocenters. The molecule has 0 N–H and O–H groups in total. The van der Waals surface area contributed by atoms with Crippen molar-refractivity contribution >= 4 is 22.0 Å². The van der Waals surface area contributed by atoms with Crippen molar-refractivity contribution in [1.29, 1.82) is 0 Å². The van der Waals surface area contributed by atoms with Gasteiger partial charge in [0.2, 0.25) is 5.90 Å². The van der Waals surface area contributed by atoms with E-state index in [0.29, 0.717) is 18.7 Å². The number of ether oxygens (including phenoxy) is 2. The van der Waals surface area contributed by atoms with Gasteiger partial charge < -0.3 is 14.4 Å². The van der Waals surface area contributed by atoms with Gasteiger partial charge in [-0.25, -0.2) is 4.79 Å². The third-order valence-electron chi connectivity index (χ3n) is 3.91. The summed E-state index contributed by atoms with van der Waals surface area (Å²) in [6, 6.07) is 6.58. The lowest BCUT2D eigenvalue weighted by Gasteiger charge is -2.34. The molecule has 2 aliphatic heterocycles. The molecule has 1 aromatic carbocycles. The Kier molecular flexibility index (Phi) is 4.49. The molecule has 136 valence electrons. The van der Waals surface area contributed by atoms with E-state index in [0.717, 1.165) is 12.8 Å². The van der Waals surface area contributed by atoms with Crippen LogP contribution in [0.15, 0.2) is 33.6 Å². The molecule has 0 spiro atoms. The number of carbonyl (C=O) groups is 1. The molecule has 1 aromatic rings. The Morgan fingerprint density at radius 1 is 1.28 bits per heavy atom. The van der Waals surface area contributed by atoms with Gasteiger partial charge in [0.05, 0.1) is 12.1 Å². The highest BCUT2D eigenvalue weighted by molar-refractivity contribution is 7.90. The third-order valence-corrected chi connectivity index (χ3v) is 5.22. The van der Waals surface area contributed by atoms with Crippen molar-refractivity contribution in [3.63, 3.8) is 0 Å². The summed E-state index contributed by atoms with van der Waals surface area (Å²) < 4.78 is 39.1. The van der Waals surface area contributed by atoms with Crippen LogP contribution in [0.1, 0.15) is 39.2 Å². The van der Waals surface area contributed by atoms with Crippen molar-refractivity contribution in [3.8, 4) is 0 Å². The molecule has 3 rings (SSSR count). The topological polar surface area (TPSA) is 85.3 Å². The van der Waals surface area contributed by atoms with Crippen LogP contribution < -0.4 is 0 Å². The summed E-state index contributed by atoms with van der Waals surface area (Å²) in [6.45, 7) is 6.39. The molecular formula is C17H22N2O5S. The third kappa shape index (κ3) is 3.95. The van der Waals surface area contributed by atoms with Crippen LogP contribution in [-0.4, -0.2) is 50.1 Å². The maximum atomic E-state index is 12.2. The predicted octanol–water partition coefficient (Wildman–Crippen LogP) is 2.55. The summed E-state index contributed by atoms with van der Waals surface area (Å²) in [7, 11) is -3.70. The first-order valence-corrected chi connectivity index (χ1v) is 9.69. The fraction of sp³-hybridized carbons (Fsp3) is 0.529. The van der Waals surface area contributed by atoms with Crippen molar-refractivity contribution in [2.75, 3.05) is 13.1 Å². The minimum absolute atomic E-state index is 0.103. The number of fused-ring (bicyclic) bond motifs is 1. The number of hydrogen-bond acceptors (Lipinski definition) is 5. The summed E-state index contributed by atoms with van der Waals surface area (Å²) >= 11 is 0. The monoisotopic (exact) mass is 366 g/mol. The first-order valence-electron chi connectivity index (χ1n) is 8.25. The maximum absolute atomic E-state index is 12.2. The van der Waals surface area contributed by atoms with E-state index in [1.54, 1.807) is 23.1 Å². The van der Waals surface area contributed by atoms with Gasteiger partial charge in [-0.05, 0) is 45.7 Å². The summed E-state index contributed by atoms with van der Waals surface area (Å²) in [6.07, 6.45) is 0.773. The average molecular weight is 366 g/mol. The molecule has 0 aromatic heterocycles. The first kappa shape index (κ1) is 17.7. The molecule has 1 amide bonds. The standard InChI is InChI=1S/C17H22N2O5S/c1-17(2,3)24-16(20)19-10-6-7-12(11-19)23-15-13-8-4-5-9-14(13)25(21,22)18-15/h4-5,8-9,12H,6-7,10-11H2,1-3H3/t12-/m1/s1. The number of benzene rings is 1. The van der Waals surface area contributed by atoms with Gasteiger partial charge in [0.1, 0.15) is 16.6 Å². The van der Waals surface area contributed by atoms with Gasteiger partial charge in [0.15, 0.2) is 0 Å². The molecule has 1 fully saturated rings. The van der Waals surface area contributed by atoms with Crippen LogP contribution in [0.3, 0.4) is 0 Å². The van der Waals surface area contributed by atoms with Crippen LogP contribution in [0, 0.1) is 0 Å². The number of sulfonamides is 1. The molecule has 0 aliphatic carbocycles. The van der Waals surface area contributed by atoms with Crippen molar-refractivity contribution in [2.24, 2.45) is 4.40 Å². The van der Waals surface area contributed by atoms with E-state index in [4.69, 9.17) is 9.47 Å². The average Bonchev–Trinajstić information content (AvgIpc) is 2.77. The second-order valence-corrected chi connectivity index (χ2v) is 8.75. The van der Waals surface area contributed by atoms with Crippen LogP contribution in [-0.2, 0) is 19.5 Å². The van der Waals surface area contributed by atoms with Crippen LogP contribution in [0.25, 0.3) is 0 Å². The molecule has 25 heavy (non-hydrogen) atoms. The van der Waals surface area contributed by atoms with E-state index in [2.05, 4.69) is 4.40 Å². The van der Waals surface area contributed by atoms with Crippen molar-refractivity contribution < 1.29 is 22.7 Å². The highest BCUT2D eigenvalue weighted by Crippen LogP contribution is 2.28. The van der Waals surface area contributed by atoms with Crippen LogP contribution in [0.5, 0.6) is 0 Å². The lowest BCUT2D eigenvalue weighted by atomic mass is 10.1. The Hall–Kier alpha value is -2.09. The van der Waals surface area contributed by atoms with Gasteiger partial charge in [0.25, 0.3) is 10.0 Å². The zero-order valence-electron chi connectivity index (χ0n) is 14.6. The summed E-state index contributed by atoms with van der Waals surface area (Å²) in [5, 5.41) is 0. The molecule has 8 heteroatoms.